The summed E-state index contributed by atoms with van der Waals surface area (Å²) in [5.74, 6) is 0.689. The van der Waals surface area contributed by atoms with Crippen molar-refractivity contribution >= 4 is 11.6 Å². The van der Waals surface area contributed by atoms with Crippen LogP contribution in [0.4, 0.5) is 0 Å². The number of benzene rings is 1. The van der Waals surface area contributed by atoms with Crippen LogP contribution < -0.4 is 10.1 Å². The second-order valence-corrected chi connectivity index (χ2v) is 5.12. The Hall–Kier alpha value is -0.770. The van der Waals surface area contributed by atoms with Crippen LogP contribution in [0, 0.1) is 0 Å². The van der Waals surface area contributed by atoms with Crippen LogP contribution in [0.25, 0.3) is 0 Å². The highest BCUT2D eigenvalue weighted by Gasteiger charge is 2.33. The molecule has 0 radical (unpaired) electrons. The average Bonchev–Trinajstić information content (AvgIpc) is 2.41. The van der Waals surface area contributed by atoms with Gasteiger partial charge in [0.15, 0.2) is 0 Å². The summed E-state index contributed by atoms with van der Waals surface area (Å²) in [6.07, 6.45) is 0.914. The standard InChI is InChI=1S/C15H24ClNO2/c1-6-15(3,19-7-2)14(17-4)11-8-9-12(16)13(10-11)18-5/h8-10,14,17H,6-7H2,1-5H3. The van der Waals surface area contributed by atoms with Crippen LogP contribution in [-0.4, -0.2) is 26.4 Å². The van der Waals surface area contributed by atoms with Crippen molar-refractivity contribution in [3.8, 4) is 5.75 Å². The van der Waals surface area contributed by atoms with Crippen molar-refractivity contribution in [1.29, 1.82) is 0 Å². The fraction of sp³-hybridized carbons (Fsp3) is 0.600. The molecule has 0 saturated carbocycles. The van der Waals surface area contributed by atoms with Crippen LogP contribution in [0.3, 0.4) is 0 Å². The molecule has 2 atom stereocenters. The maximum Gasteiger partial charge on any atom is 0.137 e. The second-order valence-electron chi connectivity index (χ2n) is 4.71. The fourth-order valence-corrected chi connectivity index (χ4v) is 2.59. The lowest BCUT2D eigenvalue weighted by Gasteiger charge is -2.37. The van der Waals surface area contributed by atoms with Crippen LogP contribution in [0.5, 0.6) is 5.75 Å². The van der Waals surface area contributed by atoms with Gasteiger partial charge in [-0.1, -0.05) is 24.6 Å². The Labute approximate surface area is 121 Å². The molecular weight excluding hydrogens is 262 g/mol. The highest BCUT2D eigenvalue weighted by Crippen LogP contribution is 2.35. The minimum Gasteiger partial charge on any atom is -0.495 e. The number of methoxy groups -OCH3 is 1. The minimum atomic E-state index is -0.262. The summed E-state index contributed by atoms with van der Waals surface area (Å²) < 4.78 is 11.2. The summed E-state index contributed by atoms with van der Waals surface area (Å²) in [5.41, 5.74) is 0.851. The SMILES string of the molecule is CCOC(C)(CC)C(NC)c1ccc(Cl)c(OC)c1. The molecule has 1 N–H and O–H groups in total. The number of ether oxygens (including phenoxy) is 2. The molecule has 1 aromatic rings. The normalized spacial score (nSPS) is 15.9. The van der Waals surface area contributed by atoms with E-state index in [4.69, 9.17) is 21.1 Å². The van der Waals surface area contributed by atoms with E-state index in [0.717, 1.165) is 12.0 Å². The fourth-order valence-electron chi connectivity index (χ4n) is 2.40. The first-order chi connectivity index (χ1) is 9.02. The first-order valence-electron chi connectivity index (χ1n) is 6.67. The predicted octanol–water partition coefficient (Wildman–Crippen LogP) is 3.81. The monoisotopic (exact) mass is 285 g/mol. The van der Waals surface area contributed by atoms with Crippen LogP contribution in [-0.2, 0) is 4.74 Å². The second kappa shape index (κ2) is 7.13. The van der Waals surface area contributed by atoms with E-state index in [1.54, 1.807) is 7.11 Å². The molecule has 0 fully saturated rings. The Bertz CT molecular complexity index is 411. The van der Waals surface area contributed by atoms with E-state index in [9.17, 15) is 0 Å². The van der Waals surface area contributed by atoms with Gasteiger partial charge >= 0.3 is 0 Å². The van der Waals surface area contributed by atoms with Gasteiger partial charge in [0.05, 0.1) is 23.8 Å². The van der Waals surface area contributed by atoms with Gasteiger partial charge < -0.3 is 14.8 Å². The van der Waals surface area contributed by atoms with Crippen molar-refractivity contribution in [2.24, 2.45) is 0 Å². The third-order valence-corrected chi connectivity index (χ3v) is 3.90. The Kier molecular flexibility index (Phi) is 6.11. The Morgan fingerprint density at radius 3 is 2.53 bits per heavy atom. The van der Waals surface area contributed by atoms with E-state index >= 15 is 0 Å². The van der Waals surface area contributed by atoms with E-state index < -0.39 is 0 Å². The molecule has 2 unspecified atom stereocenters. The van der Waals surface area contributed by atoms with Gasteiger partial charge in [-0.25, -0.2) is 0 Å². The average molecular weight is 286 g/mol. The maximum absolute atomic E-state index is 6.08. The summed E-state index contributed by atoms with van der Waals surface area (Å²) in [5, 5.41) is 3.96. The van der Waals surface area contributed by atoms with Crippen LogP contribution in [0.1, 0.15) is 38.8 Å². The highest BCUT2D eigenvalue weighted by molar-refractivity contribution is 6.32. The number of hydrogen-bond acceptors (Lipinski definition) is 3. The third kappa shape index (κ3) is 3.62. The Morgan fingerprint density at radius 1 is 1.37 bits per heavy atom. The number of nitrogens with one attached hydrogen (secondary N) is 1. The van der Waals surface area contributed by atoms with E-state index in [-0.39, 0.29) is 11.6 Å². The van der Waals surface area contributed by atoms with E-state index in [1.807, 2.05) is 32.2 Å². The number of likely N-dealkylation sites (N-methyl/N-ethyl adjacent to an activating group) is 1. The molecule has 1 rings (SSSR count). The van der Waals surface area contributed by atoms with Crippen molar-refractivity contribution in [2.75, 3.05) is 20.8 Å². The van der Waals surface area contributed by atoms with Crippen molar-refractivity contribution in [3.63, 3.8) is 0 Å². The molecule has 0 aromatic heterocycles. The van der Waals surface area contributed by atoms with Crippen LogP contribution in [0.15, 0.2) is 18.2 Å². The molecule has 0 aliphatic heterocycles. The quantitative estimate of drug-likeness (QED) is 0.826. The zero-order valence-electron chi connectivity index (χ0n) is 12.4. The molecule has 0 amide bonds. The van der Waals surface area contributed by atoms with Crippen molar-refractivity contribution in [3.05, 3.63) is 28.8 Å². The first-order valence-corrected chi connectivity index (χ1v) is 7.04. The van der Waals surface area contributed by atoms with Gasteiger partial charge in [-0.05, 0) is 45.0 Å². The van der Waals surface area contributed by atoms with Crippen molar-refractivity contribution in [2.45, 2.75) is 38.8 Å². The number of hydrogen-bond donors (Lipinski definition) is 1. The zero-order chi connectivity index (χ0) is 14.5. The third-order valence-electron chi connectivity index (χ3n) is 3.58. The minimum absolute atomic E-state index is 0.0867. The van der Waals surface area contributed by atoms with Crippen LogP contribution >= 0.6 is 11.6 Å². The smallest absolute Gasteiger partial charge is 0.137 e. The van der Waals surface area contributed by atoms with Gasteiger partial charge in [0.2, 0.25) is 0 Å². The molecular formula is C15H24ClNO2. The topological polar surface area (TPSA) is 30.5 Å². The van der Waals surface area contributed by atoms with Gasteiger partial charge in [-0.2, -0.15) is 0 Å². The lowest BCUT2D eigenvalue weighted by molar-refractivity contribution is -0.0547. The van der Waals surface area contributed by atoms with Crippen molar-refractivity contribution < 1.29 is 9.47 Å². The molecule has 0 aliphatic rings. The van der Waals surface area contributed by atoms with Gasteiger partial charge in [0.25, 0.3) is 0 Å². The summed E-state index contributed by atoms with van der Waals surface area (Å²) in [7, 11) is 3.57. The molecule has 108 valence electrons. The van der Waals surface area contributed by atoms with Gasteiger partial charge in [-0.15, -0.1) is 0 Å². The molecule has 4 heteroatoms. The number of rotatable bonds is 7. The van der Waals surface area contributed by atoms with E-state index in [0.29, 0.717) is 17.4 Å². The molecule has 1 aromatic carbocycles. The molecule has 0 spiro atoms. The molecule has 19 heavy (non-hydrogen) atoms. The molecule has 0 saturated heterocycles. The van der Waals surface area contributed by atoms with E-state index in [1.165, 1.54) is 0 Å². The summed E-state index contributed by atoms with van der Waals surface area (Å²) in [4.78, 5) is 0. The Balaban J connectivity index is 3.15. The summed E-state index contributed by atoms with van der Waals surface area (Å²) in [6, 6.07) is 5.93. The predicted molar refractivity (Wildman–Crippen MR) is 80.1 cm³/mol. The van der Waals surface area contributed by atoms with E-state index in [2.05, 4.69) is 19.2 Å². The molecule has 0 heterocycles. The highest BCUT2D eigenvalue weighted by atomic mass is 35.5. The van der Waals surface area contributed by atoms with Crippen LogP contribution in [0.2, 0.25) is 5.02 Å². The summed E-state index contributed by atoms with van der Waals surface area (Å²) in [6.45, 7) is 6.96. The maximum atomic E-state index is 6.08. The molecule has 0 bridgehead atoms. The lowest BCUT2D eigenvalue weighted by atomic mass is 9.87. The van der Waals surface area contributed by atoms with Crippen molar-refractivity contribution in [1.82, 2.24) is 5.32 Å². The van der Waals surface area contributed by atoms with Gasteiger partial charge in [0, 0.05) is 6.61 Å². The summed E-state index contributed by atoms with van der Waals surface area (Å²) >= 11 is 6.08. The van der Waals surface area contributed by atoms with Gasteiger partial charge in [-0.3, -0.25) is 0 Å². The van der Waals surface area contributed by atoms with Gasteiger partial charge in [0.1, 0.15) is 5.75 Å². The number of halogens is 1. The molecule has 3 nitrogen and oxygen atoms in total. The lowest BCUT2D eigenvalue weighted by Crippen LogP contribution is -2.42. The molecule has 0 aliphatic carbocycles. The first kappa shape index (κ1) is 16.3. The Morgan fingerprint density at radius 2 is 2.05 bits per heavy atom. The zero-order valence-corrected chi connectivity index (χ0v) is 13.2. The largest absolute Gasteiger partial charge is 0.495 e.